The van der Waals surface area contributed by atoms with Gasteiger partial charge in [-0.05, 0) is 19.9 Å². The lowest BCUT2D eigenvalue weighted by atomic mass is 10.1. The SMILES string of the molecule is CCNc1nc(C)cc(N2CCN(C(=O)c3cc(-c4ccccc4)nn3C)CC2)n1. The Hall–Kier alpha value is -3.42. The van der Waals surface area contributed by atoms with Gasteiger partial charge in [-0.3, -0.25) is 9.48 Å². The molecule has 3 heterocycles. The summed E-state index contributed by atoms with van der Waals surface area (Å²) in [6.07, 6.45) is 0. The van der Waals surface area contributed by atoms with Crippen LogP contribution in [0.5, 0.6) is 0 Å². The van der Waals surface area contributed by atoms with Gasteiger partial charge in [0.05, 0.1) is 5.69 Å². The van der Waals surface area contributed by atoms with E-state index in [4.69, 9.17) is 0 Å². The molecule has 30 heavy (non-hydrogen) atoms. The van der Waals surface area contributed by atoms with Crippen molar-refractivity contribution < 1.29 is 4.79 Å². The highest BCUT2D eigenvalue weighted by molar-refractivity contribution is 5.94. The van der Waals surface area contributed by atoms with Crippen LogP contribution in [-0.4, -0.2) is 63.3 Å². The van der Waals surface area contributed by atoms with Crippen molar-refractivity contribution in [2.45, 2.75) is 13.8 Å². The lowest BCUT2D eigenvalue weighted by molar-refractivity contribution is 0.0735. The summed E-state index contributed by atoms with van der Waals surface area (Å²) in [5, 5.41) is 7.71. The third-order valence-electron chi connectivity index (χ3n) is 5.23. The molecule has 1 amide bonds. The van der Waals surface area contributed by atoms with E-state index in [0.29, 0.717) is 24.7 Å². The van der Waals surface area contributed by atoms with Gasteiger partial charge in [-0.15, -0.1) is 0 Å². The summed E-state index contributed by atoms with van der Waals surface area (Å²) in [4.78, 5) is 26.2. The Morgan fingerprint density at radius 2 is 1.80 bits per heavy atom. The molecular formula is C22H27N7O. The van der Waals surface area contributed by atoms with Crippen LogP contribution in [0.1, 0.15) is 23.1 Å². The van der Waals surface area contributed by atoms with E-state index in [9.17, 15) is 4.79 Å². The van der Waals surface area contributed by atoms with E-state index in [1.807, 2.05) is 68.3 Å². The normalized spacial score (nSPS) is 14.1. The first-order valence-electron chi connectivity index (χ1n) is 10.3. The van der Waals surface area contributed by atoms with Crippen molar-refractivity contribution in [2.24, 2.45) is 7.05 Å². The highest BCUT2D eigenvalue weighted by Gasteiger charge is 2.25. The molecule has 3 aromatic rings. The van der Waals surface area contributed by atoms with Crippen LogP contribution in [0, 0.1) is 6.92 Å². The second-order valence-corrected chi connectivity index (χ2v) is 7.41. The molecule has 0 radical (unpaired) electrons. The molecule has 0 aliphatic carbocycles. The molecule has 8 heteroatoms. The van der Waals surface area contributed by atoms with E-state index in [1.165, 1.54) is 0 Å². The van der Waals surface area contributed by atoms with Gasteiger partial charge in [-0.2, -0.15) is 10.1 Å². The molecule has 1 aliphatic rings. The molecule has 8 nitrogen and oxygen atoms in total. The molecular weight excluding hydrogens is 378 g/mol. The van der Waals surface area contributed by atoms with Crippen LogP contribution in [0.4, 0.5) is 11.8 Å². The second kappa shape index (κ2) is 8.52. The first kappa shape index (κ1) is 19.9. The fourth-order valence-corrected chi connectivity index (χ4v) is 3.67. The van der Waals surface area contributed by atoms with Crippen molar-refractivity contribution in [3.05, 3.63) is 53.9 Å². The zero-order valence-corrected chi connectivity index (χ0v) is 17.7. The molecule has 1 aliphatic heterocycles. The van der Waals surface area contributed by atoms with Crippen molar-refractivity contribution in [2.75, 3.05) is 42.9 Å². The summed E-state index contributed by atoms with van der Waals surface area (Å²) < 4.78 is 1.67. The Balaban J connectivity index is 1.45. The van der Waals surface area contributed by atoms with Crippen LogP contribution in [0.25, 0.3) is 11.3 Å². The molecule has 0 saturated carbocycles. The summed E-state index contributed by atoms with van der Waals surface area (Å²) in [5.74, 6) is 1.56. The van der Waals surface area contributed by atoms with Crippen LogP contribution in [0.3, 0.4) is 0 Å². The Morgan fingerprint density at radius 3 is 2.50 bits per heavy atom. The lowest BCUT2D eigenvalue weighted by Crippen LogP contribution is -2.49. The van der Waals surface area contributed by atoms with Crippen LogP contribution in [0.2, 0.25) is 0 Å². The number of nitrogens with zero attached hydrogens (tertiary/aromatic N) is 6. The first-order chi connectivity index (χ1) is 14.5. The summed E-state index contributed by atoms with van der Waals surface area (Å²) in [7, 11) is 1.82. The number of hydrogen-bond acceptors (Lipinski definition) is 6. The molecule has 1 aromatic carbocycles. The van der Waals surface area contributed by atoms with E-state index in [1.54, 1.807) is 4.68 Å². The molecule has 1 N–H and O–H groups in total. The number of amides is 1. The van der Waals surface area contributed by atoms with Gasteiger partial charge in [0.25, 0.3) is 5.91 Å². The van der Waals surface area contributed by atoms with Gasteiger partial charge in [0, 0.05) is 57.1 Å². The quantitative estimate of drug-likeness (QED) is 0.703. The maximum Gasteiger partial charge on any atom is 0.272 e. The van der Waals surface area contributed by atoms with Crippen molar-refractivity contribution in [1.29, 1.82) is 0 Å². The Morgan fingerprint density at radius 1 is 1.07 bits per heavy atom. The number of anilines is 2. The predicted octanol–water partition coefficient (Wildman–Crippen LogP) is 2.58. The third-order valence-corrected chi connectivity index (χ3v) is 5.23. The topological polar surface area (TPSA) is 79.2 Å². The van der Waals surface area contributed by atoms with Gasteiger partial charge in [0.15, 0.2) is 0 Å². The second-order valence-electron chi connectivity index (χ2n) is 7.41. The molecule has 0 bridgehead atoms. The van der Waals surface area contributed by atoms with Crippen LogP contribution in [0.15, 0.2) is 42.5 Å². The summed E-state index contributed by atoms with van der Waals surface area (Å²) in [5.41, 5.74) is 3.35. The third kappa shape index (κ3) is 4.12. The van der Waals surface area contributed by atoms with Gasteiger partial charge < -0.3 is 15.1 Å². The van der Waals surface area contributed by atoms with Gasteiger partial charge in [-0.1, -0.05) is 30.3 Å². The van der Waals surface area contributed by atoms with E-state index >= 15 is 0 Å². The summed E-state index contributed by atoms with van der Waals surface area (Å²) >= 11 is 0. The minimum Gasteiger partial charge on any atom is -0.354 e. The molecule has 0 spiro atoms. The van der Waals surface area contributed by atoms with E-state index in [2.05, 4.69) is 25.3 Å². The summed E-state index contributed by atoms with van der Waals surface area (Å²) in [6.45, 7) is 7.53. The monoisotopic (exact) mass is 405 g/mol. The minimum absolute atomic E-state index is 0.0130. The van der Waals surface area contributed by atoms with Gasteiger partial charge in [-0.25, -0.2) is 4.98 Å². The van der Waals surface area contributed by atoms with Gasteiger partial charge in [0.1, 0.15) is 11.5 Å². The van der Waals surface area contributed by atoms with Crippen molar-refractivity contribution in [3.63, 3.8) is 0 Å². The fraction of sp³-hybridized carbons (Fsp3) is 0.364. The summed E-state index contributed by atoms with van der Waals surface area (Å²) in [6, 6.07) is 13.8. The molecule has 1 fully saturated rings. The molecule has 4 rings (SSSR count). The molecule has 0 unspecified atom stereocenters. The van der Waals surface area contributed by atoms with E-state index < -0.39 is 0 Å². The predicted molar refractivity (Wildman–Crippen MR) is 118 cm³/mol. The van der Waals surface area contributed by atoms with Crippen molar-refractivity contribution in [1.82, 2.24) is 24.6 Å². The Bertz CT molecular complexity index is 1020. The number of nitrogens with one attached hydrogen (secondary N) is 1. The number of piperazine rings is 1. The van der Waals surface area contributed by atoms with Crippen molar-refractivity contribution in [3.8, 4) is 11.3 Å². The molecule has 1 saturated heterocycles. The molecule has 156 valence electrons. The maximum atomic E-state index is 13.1. The largest absolute Gasteiger partial charge is 0.354 e. The van der Waals surface area contributed by atoms with Crippen molar-refractivity contribution >= 4 is 17.7 Å². The van der Waals surface area contributed by atoms with Crippen LogP contribution >= 0.6 is 0 Å². The zero-order valence-electron chi connectivity index (χ0n) is 17.7. The van der Waals surface area contributed by atoms with Crippen LogP contribution < -0.4 is 10.2 Å². The van der Waals surface area contributed by atoms with Crippen LogP contribution in [-0.2, 0) is 7.05 Å². The smallest absolute Gasteiger partial charge is 0.272 e. The highest BCUT2D eigenvalue weighted by atomic mass is 16.2. The average molecular weight is 406 g/mol. The molecule has 0 atom stereocenters. The van der Waals surface area contributed by atoms with Gasteiger partial charge in [0.2, 0.25) is 5.95 Å². The number of aryl methyl sites for hydroxylation is 2. The lowest BCUT2D eigenvalue weighted by Gasteiger charge is -2.35. The number of benzene rings is 1. The number of hydrogen-bond donors (Lipinski definition) is 1. The number of rotatable bonds is 5. The number of carbonyl (C=O) groups excluding carboxylic acids is 1. The number of carbonyl (C=O) groups is 1. The standard InChI is InChI=1S/C22H27N7O/c1-4-23-22-24-16(2)14-20(25-22)28-10-12-29(13-11-28)21(30)19-15-18(26-27(19)3)17-8-6-5-7-9-17/h5-9,14-15H,4,10-13H2,1-3H3,(H,23,24,25). The maximum absolute atomic E-state index is 13.1. The average Bonchev–Trinajstić information content (AvgIpc) is 3.15. The Kier molecular flexibility index (Phi) is 5.65. The van der Waals surface area contributed by atoms with E-state index in [-0.39, 0.29) is 5.91 Å². The number of aromatic nitrogens is 4. The zero-order chi connectivity index (χ0) is 21.1. The van der Waals surface area contributed by atoms with E-state index in [0.717, 1.165) is 42.4 Å². The minimum atomic E-state index is 0.0130. The molecule has 2 aromatic heterocycles. The highest BCUT2D eigenvalue weighted by Crippen LogP contribution is 2.21. The van der Waals surface area contributed by atoms with Gasteiger partial charge >= 0.3 is 0 Å². The fourth-order valence-electron chi connectivity index (χ4n) is 3.67. The first-order valence-corrected chi connectivity index (χ1v) is 10.3. The Labute approximate surface area is 176 Å².